The van der Waals surface area contributed by atoms with E-state index in [-0.39, 0.29) is 0 Å². The number of hydrogen-bond acceptors (Lipinski definition) is 3. The maximum atomic E-state index is 10.4. The minimum Gasteiger partial charge on any atom is -0.486 e. The predicted octanol–water partition coefficient (Wildman–Crippen LogP) is 4.73. The summed E-state index contributed by atoms with van der Waals surface area (Å²) >= 11 is 13.4. The van der Waals surface area contributed by atoms with Gasteiger partial charge in [-0.1, -0.05) is 29.3 Å². The highest BCUT2D eigenvalue weighted by Gasteiger charge is 2.06. The molecule has 1 heterocycles. The van der Waals surface area contributed by atoms with E-state index in [1.165, 1.54) is 11.3 Å². The maximum Gasteiger partial charge on any atom is 0.328 e. The van der Waals surface area contributed by atoms with E-state index in [4.69, 9.17) is 33.0 Å². The number of carboxylic acids is 1. The Morgan fingerprint density at radius 2 is 2.10 bits per heavy atom. The summed E-state index contributed by atoms with van der Waals surface area (Å²) in [5.41, 5.74) is 0. The van der Waals surface area contributed by atoms with E-state index in [0.29, 0.717) is 22.4 Å². The molecule has 0 aliphatic carbocycles. The number of aliphatic carboxylic acids is 1. The number of carbonyl (C=O) groups is 1. The van der Waals surface area contributed by atoms with E-state index in [9.17, 15) is 4.79 Å². The van der Waals surface area contributed by atoms with Crippen LogP contribution in [0.25, 0.3) is 6.08 Å². The van der Waals surface area contributed by atoms with Crippen LogP contribution in [-0.4, -0.2) is 11.1 Å². The summed E-state index contributed by atoms with van der Waals surface area (Å²) in [6.07, 6.45) is 2.65. The van der Waals surface area contributed by atoms with Crippen LogP contribution in [0.3, 0.4) is 0 Å². The van der Waals surface area contributed by atoms with Crippen molar-refractivity contribution >= 4 is 46.6 Å². The van der Waals surface area contributed by atoms with Gasteiger partial charge in [0, 0.05) is 15.8 Å². The average Bonchev–Trinajstić information content (AvgIpc) is 2.86. The number of thiophene rings is 1. The van der Waals surface area contributed by atoms with E-state index in [2.05, 4.69) is 0 Å². The van der Waals surface area contributed by atoms with Crippen molar-refractivity contribution in [1.82, 2.24) is 0 Å². The minimum absolute atomic E-state index is 0.353. The molecule has 0 saturated heterocycles. The van der Waals surface area contributed by atoms with Crippen molar-refractivity contribution < 1.29 is 14.6 Å². The summed E-state index contributed by atoms with van der Waals surface area (Å²) < 4.78 is 5.60. The number of ether oxygens (including phenoxy) is 1. The summed E-state index contributed by atoms with van der Waals surface area (Å²) in [7, 11) is 0. The van der Waals surface area contributed by atoms with Crippen LogP contribution >= 0.6 is 34.5 Å². The Morgan fingerprint density at radius 3 is 2.85 bits per heavy atom. The first-order chi connectivity index (χ1) is 9.56. The van der Waals surface area contributed by atoms with Crippen LogP contribution in [0.1, 0.15) is 9.75 Å². The van der Waals surface area contributed by atoms with Gasteiger partial charge in [0.25, 0.3) is 0 Å². The van der Waals surface area contributed by atoms with Crippen LogP contribution in [0.4, 0.5) is 0 Å². The predicted molar refractivity (Wildman–Crippen MR) is 81.8 cm³/mol. The molecule has 0 saturated carbocycles. The summed E-state index contributed by atoms with van der Waals surface area (Å²) in [5.74, 6) is -0.447. The van der Waals surface area contributed by atoms with E-state index < -0.39 is 5.97 Å². The molecular formula is C14H10Cl2O3S. The Morgan fingerprint density at radius 1 is 1.30 bits per heavy atom. The second-order valence-electron chi connectivity index (χ2n) is 3.82. The Bertz CT molecular complexity index is 650. The molecule has 20 heavy (non-hydrogen) atoms. The molecular weight excluding hydrogens is 319 g/mol. The minimum atomic E-state index is -0.970. The molecule has 1 aromatic carbocycles. The normalized spacial score (nSPS) is 10.9. The molecule has 0 atom stereocenters. The highest BCUT2D eigenvalue weighted by molar-refractivity contribution is 7.12. The topological polar surface area (TPSA) is 46.5 Å². The second kappa shape index (κ2) is 6.79. The molecule has 1 N–H and O–H groups in total. The highest BCUT2D eigenvalue weighted by atomic mass is 35.5. The van der Waals surface area contributed by atoms with Crippen LogP contribution in [-0.2, 0) is 11.4 Å². The van der Waals surface area contributed by atoms with E-state index in [0.717, 1.165) is 15.8 Å². The average molecular weight is 329 g/mol. The van der Waals surface area contributed by atoms with Gasteiger partial charge in [-0.15, -0.1) is 11.3 Å². The quantitative estimate of drug-likeness (QED) is 0.807. The lowest BCUT2D eigenvalue weighted by Gasteiger charge is -2.07. The monoisotopic (exact) mass is 328 g/mol. The summed E-state index contributed by atoms with van der Waals surface area (Å²) in [5, 5.41) is 9.39. The van der Waals surface area contributed by atoms with Crippen molar-refractivity contribution in [3.8, 4) is 5.75 Å². The Hall–Kier alpha value is -1.49. The van der Waals surface area contributed by atoms with Gasteiger partial charge in [0.1, 0.15) is 17.4 Å². The molecule has 2 rings (SSSR count). The molecule has 0 fully saturated rings. The Labute approximate surface area is 130 Å². The first kappa shape index (κ1) is 14.9. The van der Waals surface area contributed by atoms with E-state index >= 15 is 0 Å². The molecule has 104 valence electrons. The number of halogens is 2. The van der Waals surface area contributed by atoms with Crippen molar-refractivity contribution in [3.63, 3.8) is 0 Å². The number of benzene rings is 1. The van der Waals surface area contributed by atoms with Crippen molar-refractivity contribution in [3.05, 3.63) is 56.2 Å². The number of carboxylic acid groups (broad SMARTS) is 1. The third-order valence-electron chi connectivity index (χ3n) is 2.36. The standard InChI is InChI=1S/C14H10Cl2O3S/c15-11-2-1-3-12(14(11)16)19-8-10-5-4-9(20-10)6-7-13(17)18/h1-7H,8H2,(H,17,18). The van der Waals surface area contributed by atoms with Crippen LogP contribution in [0.5, 0.6) is 5.75 Å². The van der Waals surface area contributed by atoms with Crippen LogP contribution in [0.2, 0.25) is 10.0 Å². The van der Waals surface area contributed by atoms with Gasteiger partial charge in [-0.25, -0.2) is 4.79 Å². The SMILES string of the molecule is O=C(O)C=Cc1ccc(COc2cccc(Cl)c2Cl)s1. The molecule has 0 spiro atoms. The highest BCUT2D eigenvalue weighted by Crippen LogP contribution is 2.32. The number of rotatable bonds is 5. The van der Waals surface area contributed by atoms with E-state index in [1.54, 1.807) is 24.3 Å². The number of hydrogen-bond donors (Lipinski definition) is 1. The second-order valence-corrected chi connectivity index (χ2v) is 5.80. The molecule has 0 aliphatic rings. The Balaban J connectivity index is 2.01. The molecule has 0 amide bonds. The van der Waals surface area contributed by atoms with Crippen molar-refractivity contribution in [1.29, 1.82) is 0 Å². The van der Waals surface area contributed by atoms with Gasteiger partial charge < -0.3 is 9.84 Å². The molecule has 6 heteroatoms. The molecule has 0 aliphatic heterocycles. The molecule has 0 radical (unpaired) electrons. The molecule has 2 aromatic rings. The molecule has 1 aromatic heterocycles. The zero-order chi connectivity index (χ0) is 14.5. The summed E-state index contributed by atoms with van der Waals surface area (Å²) in [4.78, 5) is 12.2. The maximum absolute atomic E-state index is 10.4. The zero-order valence-electron chi connectivity index (χ0n) is 10.2. The van der Waals surface area contributed by atoms with Gasteiger partial charge in [0.2, 0.25) is 0 Å². The zero-order valence-corrected chi connectivity index (χ0v) is 12.5. The van der Waals surface area contributed by atoms with Gasteiger partial charge in [-0.05, 0) is 30.3 Å². The van der Waals surface area contributed by atoms with Gasteiger partial charge >= 0.3 is 5.97 Å². The van der Waals surface area contributed by atoms with Crippen molar-refractivity contribution in [2.75, 3.05) is 0 Å². The third-order valence-corrected chi connectivity index (χ3v) is 4.18. The van der Waals surface area contributed by atoms with Gasteiger partial charge in [0.15, 0.2) is 0 Å². The van der Waals surface area contributed by atoms with Crippen LogP contribution in [0.15, 0.2) is 36.4 Å². The van der Waals surface area contributed by atoms with E-state index in [1.807, 2.05) is 12.1 Å². The Kier molecular flexibility index (Phi) is 5.06. The van der Waals surface area contributed by atoms with Gasteiger partial charge in [-0.2, -0.15) is 0 Å². The third kappa shape index (κ3) is 4.00. The van der Waals surface area contributed by atoms with Crippen molar-refractivity contribution in [2.45, 2.75) is 6.61 Å². The lowest BCUT2D eigenvalue weighted by Crippen LogP contribution is -1.93. The van der Waals surface area contributed by atoms with Crippen molar-refractivity contribution in [2.24, 2.45) is 0 Å². The molecule has 0 bridgehead atoms. The largest absolute Gasteiger partial charge is 0.486 e. The lowest BCUT2D eigenvalue weighted by atomic mass is 10.3. The lowest BCUT2D eigenvalue weighted by molar-refractivity contribution is -0.131. The fraction of sp³-hybridized carbons (Fsp3) is 0.0714. The fourth-order valence-corrected chi connectivity index (χ4v) is 2.63. The first-order valence-corrected chi connectivity index (χ1v) is 7.20. The fourth-order valence-electron chi connectivity index (χ4n) is 1.46. The molecule has 0 unspecified atom stereocenters. The smallest absolute Gasteiger partial charge is 0.328 e. The van der Waals surface area contributed by atoms with Gasteiger partial charge in [-0.3, -0.25) is 0 Å². The molecule has 3 nitrogen and oxygen atoms in total. The summed E-state index contributed by atoms with van der Waals surface area (Å²) in [6, 6.07) is 8.91. The van der Waals surface area contributed by atoms with Crippen LogP contribution < -0.4 is 4.74 Å². The van der Waals surface area contributed by atoms with Gasteiger partial charge in [0.05, 0.1) is 5.02 Å². The summed E-state index contributed by atoms with van der Waals surface area (Å²) in [6.45, 7) is 0.353. The first-order valence-electron chi connectivity index (χ1n) is 5.63. The van der Waals surface area contributed by atoms with Crippen LogP contribution in [0, 0.1) is 0 Å².